The number of carbonyl (C=O) groups excluding carboxylic acids is 2. The molecule has 4 rings (SSSR count). The van der Waals surface area contributed by atoms with E-state index in [1.54, 1.807) is 43.3 Å². The summed E-state index contributed by atoms with van der Waals surface area (Å²) in [5.41, 5.74) is 2.12. The Morgan fingerprint density at radius 3 is 2.18 bits per heavy atom. The first-order valence-electron chi connectivity index (χ1n) is 13.5. The fourth-order valence-electron chi connectivity index (χ4n) is 4.96. The molecule has 0 bridgehead atoms. The van der Waals surface area contributed by atoms with E-state index in [9.17, 15) is 18.0 Å². The Bertz CT molecular complexity index is 1360. The molecule has 0 saturated heterocycles. The van der Waals surface area contributed by atoms with E-state index in [1.807, 2.05) is 43.3 Å². The van der Waals surface area contributed by atoms with Crippen molar-refractivity contribution in [2.45, 2.75) is 69.5 Å². The SMILES string of the molecule is Cc1cccc(N(CC(=O)N(Cc2ccccc2)C(C)C(=O)NC2CCCCC2)S(=O)(=O)c2ccccc2)c1. The highest BCUT2D eigenvalue weighted by molar-refractivity contribution is 7.92. The quantitative estimate of drug-likeness (QED) is 0.385. The van der Waals surface area contributed by atoms with Crippen molar-refractivity contribution in [3.05, 3.63) is 96.1 Å². The summed E-state index contributed by atoms with van der Waals surface area (Å²) in [7, 11) is -4.06. The predicted molar refractivity (Wildman–Crippen MR) is 154 cm³/mol. The lowest BCUT2D eigenvalue weighted by Gasteiger charge is -2.33. The third kappa shape index (κ3) is 7.26. The molecular formula is C31H37N3O4S. The molecule has 1 unspecified atom stereocenters. The van der Waals surface area contributed by atoms with Gasteiger partial charge in [0, 0.05) is 12.6 Å². The molecular weight excluding hydrogens is 510 g/mol. The first-order valence-corrected chi connectivity index (χ1v) is 15.0. The van der Waals surface area contributed by atoms with Crippen LogP contribution in [0.25, 0.3) is 0 Å². The van der Waals surface area contributed by atoms with Gasteiger partial charge >= 0.3 is 0 Å². The fourth-order valence-corrected chi connectivity index (χ4v) is 6.39. The normalized spacial score (nSPS) is 14.8. The van der Waals surface area contributed by atoms with E-state index in [4.69, 9.17) is 0 Å². The number of sulfonamides is 1. The molecule has 8 heteroatoms. The maximum Gasteiger partial charge on any atom is 0.264 e. The molecule has 0 spiro atoms. The van der Waals surface area contributed by atoms with Crippen LogP contribution in [0.5, 0.6) is 0 Å². The third-order valence-corrected chi connectivity index (χ3v) is 9.00. The van der Waals surface area contributed by atoms with E-state index in [1.165, 1.54) is 23.5 Å². The Kier molecular flexibility index (Phi) is 9.41. The van der Waals surface area contributed by atoms with Crippen molar-refractivity contribution in [1.29, 1.82) is 0 Å². The van der Waals surface area contributed by atoms with Crippen molar-refractivity contribution in [1.82, 2.24) is 10.2 Å². The summed E-state index contributed by atoms with van der Waals surface area (Å²) in [5, 5.41) is 3.12. The van der Waals surface area contributed by atoms with Gasteiger partial charge in [0.25, 0.3) is 10.0 Å². The Balaban J connectivity index is 1.65. The number of amides is 2. The van der Waals surface area contributed by atoms with Crippen LogP contribution in [-0.2, 0) is 26.2 Å². The molecule has 0 radical (unpaired) electrons. The Labute approximate surface area is 231 Å². The van der Waals surface area contributed by atoms with Crippen LogP contribution < -0.4 is 9.62 Å². The summed E-state index contributed by atoms with van der Waals surface area (Å²) in [4.78, 5) is 28.9. The van der Waals surface area contributed by atoms with Crippen molar-refractivity contribution in [2.75, 3.05) is 10.8 Å². The smallest absolute Gasteiger partial charge is 0.264 e. The molecule has 1 fully saturated rings. The minimum Gasteiger partial charge on any atom is -0.352 e. The van der Waals surface area contributed by atoms with E-state index in [0.29, 0.717) is 5.69 Å². The van der Waals surface area contributed by atoms with Crippen molar-refractivity contribution in [3.8, 4) is 0 Å². The molecule has 0 aromatic heterocycles. The minimum atomic E-state index is -4.06. The molecule has 3 aromatic carbocycles. The van der Waals surface area contributed by atoms with Gasteiger partial charge < -0.3 is 10.2 Å². The summed E-state index contributed by atoms with van der Waals surface area (Å²) in [6, 6.07) is 23.9. The topological polar surface area (TPSA) is 86.8 Å². The number of aryl methyl sites for hydroxylation is 1. The molecule has 3 aromatic rings. The van der Waals surface area contributed by atoms with Gasteiger partial charge in [0.2, 0.25) is 11.8 Å². The lowest BCUT2D eigenvalue weighted by Crippen LogP contribution is -2.53. The number of hydrogen-bond acceptors (Lipinski definition) is 4. The maximum atomic E-state index is 14.0. The molecule has 1 N–H and O–H groups in total. The van der Waals surface area contributed by atoms with Crippen LogP contribution in [0.1, 0.15) is 50.2 Å². The molecule has 1 aliphatic carbocycles. The highest BCUT2D eigenvalue weighted by atomic mass is 32.2. The zero-order valence-corrected chi connectivity index (χ0v) is 23.4. The number of hydrogen-bond donors (Lipinski definition) is 1. The molecule has 1 atom stereocenters. The van der Waals surface area contributed by atoms with Crippen LogP contribution in [0, 0.1) is 6.92 Å². The van der Waals surface area contributed by atoms with Gasteiger partial charge in [-0.2, -0.15) is 0 Å². The molecule has 39 heavy (non-hydrogen) atoms. The van der Waals surface area contributed by atoms with Gasteiger partial charge in [-0.3, -0.25) is 13.9 Å². The lowest BCUT2D eigenvalue weighted by atomic mass is 9.95. The minimum absolute atomic E-state index is 0.0944. The molecule has 1 saturated carbocycles. The van der Waals surface area contributed by atoms with Gasteiger partial charge in [0.05, 0.1) is 10.6 Å². The van der Waals surface area contributed by atoms with E-state index in [0.717, 1.165) is 41.1 Å². The van der Waals surface area contributed by atoms with E-state index < -0.39 is 28.5 Å². The molecule has 206 valence electrons. The van der Waals surface area contributed by atoms with Gasteiger partial charge in [0.15, 0.2) is 0 Å². The fraction of sp³-hybridized carbons (Fsp3) is 0.355. The number of carbonyl (C=O) groups is 2. The van der Waals surface area contributed by atoms with Crippen LogP contribution >= 0.6 is 0 Å². The molecule has 2 amide bonds. The number of nitrogens with zero attached hydrogens (tertiary/aromatic N) is 2. The largest absolute Gasteiger partial charge is 0.352 e. The van der Waals surface area contributed by atoms with Crippen LogP contribution in [0.15, 0.2) is 89.8 Å². The van der Waals surface area contributed by atoms with E-state index in [-0.39, 0.29) is 23.4 Å². The second kappa shape index (κ2) is 12.9. The average molecular weight is 548 g/mol. The highest BCUT2D eigenvalue weighted by Gasteiger charge is 2.33. The second-order valence-corrected chi connectivity index (χ2v) is 12.1. The van der Waals surface area contributed by atoms with Gasteiger partial charge in [-0.05, 0) is 62.1 Å². The predicted octanol–water partition coefficient (Wildman–Crippen LogP) is 5.06. The number of anilines is 1. The summed E-state index contributed by atoms with van der Waals surface area (Å²) in [6.07, 6.45) is 5.19. The van der Waals surface area contributed by atoms with E-state index in [2.05, 4.69) is 5.32 Å². The van der Waals surface area contributed by atoms with Crippen molar-refractivity contribution in [3.63, 3.8) is 0 Å². The third-order valence-electron chi connectivity index (χ3n) is 7.21. The van der Waals surface area contributed by atoms with Crippen LogP contribution in [0.2, 0.25) is 0 Å². The van der Waals surface area contributed by atoms with Crippen LogP contribution in [0.4, 0.5) is 5.69 Å². The molecule has 7 nitrogen and oxygen atoms in total. The molecule has 0 aliphatic heterocycles. The van der Waals surface area contributed by atoms with Crippen molar-refractivity contribution in [2.24, 2.45) is 0 Å². The van der Waals surface area contributed by atoms with Gasteiger partial charge in [-0.25, -0.2) is 8.42 Å². The summed E-state index contributed by atoms with van der Waals surface area (Å²) < 4.78 is 28.7. The number of nitrogens with one attached hydrogen (secondary N) is 1. The Hall–Kier alpha value is -3.65. The van der Waals surface area contributed by atoms with Crippen LogP contribution in [-0.4, -0.2) is 43.8 Å². The Morgan fingerprint density at radius 2 is 1.54 bits per heavy atom. The summed E-state index contributed by atoms with van der Waals surface area (Å²) in [6.45, 7) is 3.33. The van der Waals surface area contributed by atoms with Gasteiger partial charge in [-0.15, -0.1) is 0 Å². The molecule has 0 heterocycles. The number of benzene rings is 3. The average Bonchev–Trinajstić information content (AvgIpc) is 2.95. The van der Waals surface area contributed by atoms with Crippen molar-refractivity contribution < 1.29 is 18.0 Å². The standard InChI is InChI=1S/C31H37N3O4S/c1-24-13-12-18-28(21-24)34(39(37,38)29-19-10-5-11-20-29)23-30(35)33(22-26-14-6-3-7-15-26)25(2)31(36)32-27-16-8-4-9-17-27/h3,5-7,10-15,18-21,25,27H,4,8-9,16-17,22-23H2,1-2H3,(H,32,36). The monoisotopic (exact) mass is 547 g/mol. The zero-order valence-electron chi connectivity index (χ0n) is 22.6. The van der Waals surface area contributed by atoms with Crippen LogP contribution in [0.3, 0.4) is 0 Å². The van der Waals surface area contributed by atoms with E-state index >= 15 is 0 Å². The highest BCUT2D eigenvalue weighted by Crippen LogP contribution is 2.25. The van der Waals surface area contributed by atoms with Gasteiger partial charge in [0.1, 0.15) is 12.6 Å². The first kappa shape index (κ1) is 28.4. The summed E-state index contributed by atoms with van der Waals surface area (Å²) in [5.74, 6) is -0.676. The lowest BCUT2D eigenvalue weighted by molar-refractivity contribution is -0.139. The van der Waals surface area contributed by atoms with Crippen molar-refractivity contribution >= 4 is 27.5 Å². The number of rotatable bonds is 10. The molecule has 1 aliphatic rings. The van der Waals surface area contributed by atoms with Gasteiger partial charge in [-0.1, -0.05) is 79.9 Å². The second-order valence-electron chi connectivity index (χ2n) is 10.2. The maximum absolute atomic E-state index is 14.0. The summed E-state index contributed by atoms with van der Waals surface area (Å²) >= 11 is 0. The zero-order chi connectivity index (χ0) is 27.8. The first-order chi connectivity index (χ1) is 18.8. The Morgan fingerprint density at radius 1 is 0.897 bits per heavy atom.